The van der Waals surface area contributed by atoms with Gasteiger partial charge in [0.15, 0.2) is 0 Å². The van der Waals surface area contributed by atoms with Crippen molar-refractivity contribution in [2.24, 2.45) is 16.6 Å². The van der Waals surface area contributed by atoms with Crippen LogP contribution in [-0.4, -0.2) is 57.8 Å². The molecule has 0 radical (unpaired) electrons. The van der Waals surface area contributed by atoms with Gasteiger partial charge < -0.3 is 20.8 Å². The van der Waals surface area contributed by atoms with Crippen molar-refractivity contribution >= 4 is 30.0 Å². The Labute approximate surface area is 120 Å². The van der Waals surface area contributed by atoms with Crippen LogP contribution < -0.4 is 5.73 Å². The van der Waals surface area contributed by atoms with Gasteiger partial charge in [0, 0.05) is 17.1 Å². The molecule has 2 aliphatic rings. The molecule has 0 aromatic carbocycles. The van der Waals surface area contributed by atoms with Crippen LogP contribution in [0.25, 0.3) is 0 Å². The molecule has 0 aromatic rings. The second-order valence-corrected chi connectivity index (χ2v) is 5.92. The summed E-state index contributed by atoms with van der Waals surface area (Å²) in [6.07, 6.45) is 0.937. The molecule has 1 fully saturated rings. The normalized spacial score (nSPS) is 26.9. The van der Waals surface area contributed by atoms with Gasteiger partial charge in [-0.15, -0.1) is 11.8 Å². The Bertz CT molecular complexity index is 489. The number of fused-ring (bicyclic) bond motifs is 1. The molecule has 2 aliphatic heterocycles. The van der Waals surface area contributed by atoms with Crippen LogP contribution in [0, 0.1) is 5.92 Å². The van der Waals surface area contributed by atoms with Gasteiger partial charge in [-0.3, -0.25) is 9.79 Å². The monoisotopic (exact) mass is 299 g/mol. The number of thioether (sulfide) groups is 1. The SMILES string of the molecule is C[C@@H](O)[C@@H]1C(=O)N2C(C(=O)O)=C(SCCN=CN)C[C@@H]12. The van der Waals surface area contributed by atoms with Gasteiger partial charge in [0.05, 0.1) is 30.9 Å². The molecule has 2 heterocycles. The lowest BCUT2D eigenvalue weighted by Crippen LogP contribution is -2.61. The molecule has 0 bridgehead atoms. The van der Waals surface area contributed by atoms with Gasteiger partial charge in [-0.25, -0.2) is 4.79 Å². The summed E-state index contributed by atoms with van der Waals surface area (Å²) >= 11 is 1.38. The van der Waals surface area contributed by atoms with Gasteiger partial charge >= 0.3 is 5.97 Å². The van der Waals surface area contributed by atoms with Crippen molar-refractivity contribution in [3.8, 4) is 0 Å². The molecule has 7 nitrogen and oxygen atoms in total. The van der Waals surface area contributed by atoms with E-state index >= 15 is 0 Å². The summed E-state index contributed by atoms with van der Waals surface area (Å²) in [7, 11) is 0. The summed E-state index contributed by atoms with van der Waals surface area (Å²) in [5, 5.41) is 18.9. The summed E-state index contributed by atoms with van der Waals surface area (Å²) in [5.74, 6) is -1.30. The first kappa shape index (κ1) is 14.9. The minimum atomic E-state index is -1.10. The number of carboxylic acid groups (broad SMARTS) is 1. The number of nitrogens with zero attached hydrogens (tertiary/aromatic N) is 2. The first-order valence-corrected chi connectivity index (χ1v) is 7.28. The van der Waals surface area contributed by atoms with E-state index in [0.717, 1.165) is 0 Å². The molecule has 20 heavy (non-hydrogen) atoms. The lowest BCUT2D eigenvalue weighted by atomic mass is 9.83. The van der Waals surface area contributed by atoms with Crippen molar-refractivity contribution in [1.82, 2.24) is 4.90 Å². The molecule has 110 valence electrons. The van der Waals surface area contributed by atoms with Crippen LogP contribution in [0.15, 0.2) is 15.6 Å². The Balaban J connectivity index is 2.11. The number of aliphatic imine (C=N–C) groups is 1. The molecule has 4 N–H and O–H groups in total. The van der Waals surface area contributed by atoms with Gasteiger partial charge in [0.25, 0.3) is 0 Å². The maximum Gasteiger partial charge on any atom is 0.353 e. The Morgan fingerprint density at radius 2 is 2.40 bits per heavy atom. The van der Waals surface area contributed by atoms with E-state index in [9.17, 15) is 19.8 Å². The highest BCUT2D eigenvalue weighted by atomic mass is 32.2. The van der Waals surface area contributed by atoms with Crippen LogP contribution in [0.5, 0.6) is 0 Å². The molecular weight excluding hydrogens is 282 g/mol. The predicted octanol–water partition coefficient (Wildman–Crippen LogP) is -0.386. The van der Waals surface area contributed by atoms with E-state index in [1.807, 2.05) is 0 Å². The maximum absolute atomic E-state index is 11.9. The zero-order chi connectivity index (χ0) is 14.9. The fourth-order valence-corrected chi connectivity index (χ4v) is 3.71. The molecule has 1 saturated heterocycles. The lowest BCUT2D eigenvalue weighted by Gasteiger charge is -2.44. The predicted molar refractivity (Wildman–Crippen MR) is 75.1 cm³/mol. The standard InChI is InChI=1S/C12H17N3O4S/c1-6(16)9-7-4-8(20-3-2-14-5-13)10(12(18)19)15(7)11(9)17/h5-7,9,16H,2-4H2,1H3,(H2,13,14)(H,18,19)/t6-,7+,9+/m1/s1. The highest BCUT2D eigenvalue weighted by molar-refractivity contribution is 8.03. The van der Waals surface area contributed by atoms with Crippen LogP contribution >= 0.6 is 11.8 Å². The van der Waals surface area contributed by atoms with Gasteiger partial charge in [0.2, 0.25) is 5.91 Å². The number of amides is 1. The van der Waals surface area contributed by atoms with Crippen LogP contribution in [0.1, 0.15) is 13.3 Å². The number of β-lactam (4-membered cyclic amide) rings is 1. The third-order valence-electron chi connectivity index (χ3n) is 3.49. The molecule has 1 amide bonds. The number of rotatable bonds is 6. The molecular formula is C12H17N3O4S. The average Bonchev–Trinajstić information content (AvgIpc) is 2.69. The number of carboxylic acids is 1. The number of hydrogen-bond acceptors (Lipinski definition) is 5. The number of carbonyl (C=O) groups is 2. The van der Waals surface area contributed by atoms with Crippen LogP contribution in [0.3, 0.4) is 0 Å². The highest BCUT2D eigenvalue weighted by Crippen LogP contribution is 2.46. The second kappa shape index (κ2) is 5.84. The number of aliphatic hydroxyl groups excluding tert-OH is 1. The van der Waals surface area contributed by atoms with Crippen LogP contribution in [0.4, 0.5) is 0 Å². The molecule has 0 aromatic heterocycles. The first-order valence-electron chi connectivity index (χ1n) is 6.29. The van der Waals surface area contributed by atoms with E-state index in [0.29, 0.717) is 23.6 Å². The number of aliphatic carboxylic acids is 1. The second-order valence-electron chi connectivity index (χ2n) is 4.73. The van der Waals surface area contributed by atoms with Crippen molar-refractivity contribution in [3.05, 3.63) is 10.6 Å². The van der Waals surface area contributed by atoms with E-state index in [2.05, 4.69) is 4.99 Å². The van der Waals surface area contributed by atoms with Gasteiger partial charge in [-0.05, 0) is 6.92 Å². The minimum Gasteiger partial charge on any atom is -0.477 e. The number of hydrogen-bond donors (Lipinski definition) is 3. The van der Waals surface area contributed by atoms with E-state index in [-0.39, 0.29) is 17.6 Å². The summed E-state index contributed by atoms with van der Waals surface area (Å²) in [6.45, 7) is 2.05. The minimum absolute atomic E-state index is 0.0543. The lowest BCUT2D eigenvalue weighted by molar-refractivity contribution is -0.161. The van der Waals surface area contributed by atoms with Crippen LogP contribution in [0.2, 0.25) is 0 Å². The number of nitrogens with two attached hydrogens (primary N) is 1. The largest absolute Gasteiger partial charge is 0.477 e. The molecule has 0 unspecified atom stereocenters. The molecule has 2 rings (SSSR count). The van der Waals surface area contributed by atoms with Gasteiger partial charge in [-0.2, -0.15) is 0 Å². The smallest absolute Gasteiger partial charge is 0.353 e. The Kier molecular flexibility index (Phi) is 4.34. The third kappa shape index (κ3) is 2.40. The van der Waals surface area contributed by atoms with E-state index in [4.69, 9.17) is 5.73 Å². The van der Waals surface area contributed by atoms with Crippen molar-refractivity contribution < 1.29 is 19.8 Å². The highest BCUT2D eigenvalue weighted by Gasteiger charge is 2.56. The molecule has 0 aliphatic carbocycles. The summed E-state index contributed by atoms with van der Waals surface area (Å²) in [5.41, 5.74) is 5.19. The summed E-state index contributed by atoms with van der Waals surface area (Å²) in [4.78, 5) is 29.1. The molecule has 0 saturated carbocycles. The fourth-order valence-electron chi connectivity index (χ4n) is 2.66. The molecule has 3 atom stereocenters. The number of carbonyl (C=O) groups excluding carboxylic acids is 1. The topological polar surface area (TPSA) is 116 Å². The summed E-state index contributed by atoms with van der Waals surface area (Å²) < 4.78 is 0. The zero-order valence-electron chi connectivity index (χ0n) is 11.0. The van der Waals surface area contributed by atoms with Gasteiger partial charge in [0.1, 0.15) is 5.70 Å². The quantitative estimate of drug-likeness (QED) is 0.266. The Morgan fingerprint density at radius 1 is 1.70 bits per heavy atom. The van der Waals surface area contributed by atoms with Crippen molar-refractivity contribution in [2.45, 2.75) is 25.5 Å². The van der Waals surface area contributed by atoms with Crippen molar-refractivity contribution in [3.63, 3.8) is 0 Å². The molecule has 8 heteroatoms. The van der Waals surface area contributed by atoms with Gasteiger partial charge in [-0.1, -0.05) is 0 Å². The summed E-state index contributed by atoms with van der Waals surface area (Å²) in [6, 6.07) is -0.228. The van der Waals surface area contributed by atoms with E-state index in [1.165, 1.54) is 23.0 Å². The van der Waals surface area contributed by atoms with E-state index in [1.54, 1.807) is 6.92 Å². The first-order chi connectivity index (χ1) is 9.49. The Hall–Kier alpha value is -1.54. The zero-order valence-corrected chi connectivity index (χ0v) is 11.8. The van der Waals surface area contributed by atoms with Crippen LogP contribution in [-0.2, 0) is 9.59 Å². The Morgan fingerprint density at radius 3 is 2.95 bits per heavy atom. The maximum atomic E-state index is 11.9. The fraction of sp³-hybridized carbons (Fsp3) is 0.583. The van der Waals surface area contributed by atoms with E-state index < -0.39 is 18.0 Å². The number of aliphatic hydroxyl groups is 1. The molecule has 0 spiro atoms. The van der Waals surface area contributed by atoms with Crippen molar-refractivity contribution in [1.29, 1.82) is 0 Å². The van der Waals surface area contributed by atoms with Crippen molar-refractivity contribution in [2.75, 3.05) is 12.3 Å². The average molecular weight is 299 g/mol. The third-order valence-corrected chi connectivity index (χ3v) is 4.59.